The molecule has 1 aliphatic carbocycles. The van der Waals surface area contributed by atoms with E-state index in [0.717, 1.165) is 0 Å². The highest BCUT2D eigenvalue weighted by Gasteiger charge is 2.59. The minimum Gasteiger partial charge on any atom is -0.508 e. The Morgan fingerprint density at radius 1 is 1.00 bits per heavy atom. The number of benzene rings is 2. The molecule has 2 N–H and O–H groups in total. The van der Waals surface area contributed by atoms with E-state index in [-0.39, 0.29) is 11.5 Å². The first kappa shape index (κ1) is 15.3. The number of phenols is 2. The number of aromatic hydroxyl groups is 2. The molecule has 3 aliphatic rings. The summed E-state index contributed by atoms with van der Waals surface area (Å²) in [5.41, 5.74) is 0.723. The minimum absolute atomic E-state index is 0.0242. The van der Waals surface area contributed by atoms with E-state index in [9.17, 15) is 15.0 Å². The summed E-state index contributed by atoms with van der Waals surface area (Å²) >= 11 is 6.38. The lowest BCUT2D eigenvalue weighted by Gasteiger charge is -2.37. The van der Waals surface area contributed by atoms with Crippen LogP contribution < -0.4 is 4.74 Å². The van der Waals surface area contributed by atoms with Crippen LogP contribution in [0, 0.1) is 5.92 Å². The molecule has 0 amide bonds. The molecule has 5 rings (SSSR count). The van der Waals surface area contributed by atoms with Gasteiger partial charge in [-0.25, -0.2) is 0 Å². The lowest BCUT2D eigenvalue weighted by Crippen LogP contribution is -2.34. The van der Waals surface area contributed by atoms with Crippen LogP contribution in [-0.4, -0.2) is 21.6 Å². The lowest BCUT2D eigenvalue weighted by molar-refractivity contribution is -0.148. The third-order valence-electron chi connectivity index (χ3n) is 5.05. The van der Waals surface area contributed by atoms with Gasteiger partial charge in [-0.1, -0.05) is 18.2 Å². The molecule has 2 heterocycles. The molecule has 26 heavy (non-hydrogen) atoms. The van der Waals surface area contributed by atoms with Crippen molar-refractivity contribution in [2.24, 2.45) is 5.92 Å². The second-order valence-corrected chi connectivity index (χ2v) is 7.00. The third kappa shape index (κ3) is 1.83. The monoisotopic (exact) mass is 368 g/mol. The van der Waals surface area contributed by atoms with Crippen LogP contribution >= 0.6 is 11.6 Å². The first-order chi connectivity index (χ1) is 12.5. The van der Waals surface area contributed by atoms with Gasteiger partial charge in [0.2, 0.25) is 0 Å². The van der Waals surface area contributed by atoms with Crippen molar-refractivity contribution in [2.45, 2.75) is 11.0 Å². The molecular formula is C20H13ClO5. The van der Waals surface area contributed by atoms with Crippen molar-refractivity contribution >= 4 is 17.6 Å². The van der Waals surface area contributed by atoms with E-state index >= 15 is 0 Å². The number of carbonyl (C=O) groups is 1. The molecule has 0 radical (unpaired) electrons. The number of hydrogen-bond donors (Lipinski definition) is 2. The van der Waals surface area contributed by atoms with Crippen molar-refractivity contribution in [3.63, 3.8) is 0 Å². The molecular weight excluding hydrogens is 356 g/mol. The summed E-state index contributed by atoms with van der Waals surface area (Å²) in [7, 11) is 0. The maximum Gasteiger partial charge on any atom is 0.316 e. The summed E-state index contributed by atoms with van der Waals surface area (Å²) < 4.78 is 11.8. The predicted octanol–water partition coefficient (Wildman–Crippen LogP) is 3.72. The number of halogens is 1. The molecule has 1 fully saturated rings. The SMILES string of the molecule is O=C1OC2(C3=CC=CC(Cl)C13)c1ccc(O)cc1Oc1cc(O)ccc12. The lowest BCUT2D eigenvalue weighted by atomic mass is 9.73. The van der Waals surface area contributed by atoms with Gasteiger partial charge in [0.1, 0.15) is 28.9 Å². The van der Waals surface area contributed by atoms with Gasteiger partial charge in [0.25, 0.3) is 0 Å². The smallest absolute Gasteiger partial charge is 0.316 e. The van der Waals surface area contributed by atoms with Crippen molar-refractivity contribution < 1.29 is 24.5 Å². The third-order valence-corrected chi connectivity index (χ3v) is 5.44. The zero-order valence-electron chi connectivity index (χ0n) is 13.3. The molecule has 2 atom stereocenters. The van der Waals surface area contributed by atoms with E-state index in [0.29, 0.717) is 28.2 Å². The fourth-order valence-electron chi connectivity index (χ4n) is 3.98. The Hall–Kier alpha value is -2.92. The fraction of sp³-hybridized carbons (Fsp3) is 0.150. The number of carbonyl (C=O) groups excluding carboxylic acids is 1. The Bertz CT molecular complexity index is 971. The summed E-state index contributed by atoms with van der Waals surface area (Å²) in [5.74, 6) is -0.257. The van der Waals surface area contributed by atoms with Crippen LogP contribution in [0.2, 0.25) is 0 Å². The Labute approximate surface area is 153 Å². The van der Waals surface area contributed by atoms with Crippen molar-refractivity contribution in [3.05, 3.63) is 71.3 Å². The zero-order valence-corrected chi connectivity index (χ0v) is 14.1. The average Bonchev–Trinajstić information content (AvgIpc) is 2.89. The number of phenolic OH excluding ortho intramolecular Hbond substituents is 2. The molecule has 2 unspecified atom stereocenters. The summed E-state index contributed by atoms with van der Waals surface area (Å²) in [6.45, 7) is 0. The van der Waals surface area contributed by atoms with Crippen molar-refractivity contribution in [3.8, 4) is 23.0 Å². The van der Waals surface area contributed by atoms with Gasteiger partial charge in [-0.2, -0.15) is 0 Å². The highest BCUT2D eigenvalue weighted by molar-refractivity contribution is 6.24. The normalized spacial score (nSPS) is 24.2. The Morgan fingerprint density at radius 2 is 1.62 bits per heavy atom. The summed E-state index contributed by atoms with van der Waals surface area (Å²) in [4.78, 5) is 12.7. The second-order valence-electron chi connectivity index (χ2n) is 6.49. The second kappa shape index (κ2) is 5.05. The van der Waals surface area contributed by atoms with E-state index in [4.69, 9.17) is 21.1 Å². The number of allylic oxidation sites excluding steroid dienone is 3. The Morgan fingerprint density at radius 3 is 2.23 bits per heavy atom. The summed E-state index contributed by atoms with van der Waals surface area (Å²) in [5, 5.41) is 19.2. The average molecular weight is 369 g/mol. The largest absolute Gasteiger partial charge is 0.508 e. The van der Waals surface area contributed by atoms with E-state index in [1.807, 2.05) is 12.2 Å². The van der Waals surface area contributed by atoms with Crippen LogP contribution in [0.3, 0.4) is 0 Å². The molecule has 0 saturated carbocycles. The van der Waals surface area contributed by atoms with E-state index in [1.54, 1.807) is 18.2 Å². The van der Waals surface area contributed by atoms with Crippen LogP contribution in [0.1, 0.15) is 11.1 Å². The molecule has 6 heteroatoms. The van der Waals surface area contributed by atoms with Crippen LogP contribution in [0.25, 0.3) is 0 Å². The maximum atomic E-state index is 12.7. The standard InChI is InChI=1S/C20H13ClO5/c21-15-3-1-2-14-18(15)19(24)26-20(14)12-6-4-10(22)8-16(12)25-17-9-11(23)5-7-13(17)20/h1-9,15,18,22-23H. The predicted molar refractivity (Wildman–Crippen MR) is 93.5 cm³/mol. The highest BCUT2D eigenvalue weighted by Crippen LogP contribution is 2.59. The highest BCUT2D eigenvalue weighted by atomic mass is 35.5. The van der Waals surface area contributed by atoms with Crippen molar-refractivity contribution in [2.75, 3.05) is 0 Å². The number of rotatable bonds is 0. The zero-order chi connectivity index (χ0) is 18.1. The van der Waals surface area contributed by atoms with Gasteiger partial charge in [0.05, 0.1) is 5.38 Å². The molecule has 1 saturated heterocycles. The van der Waals surface area contributed by atoms with Gasteiger partial charge < -0.3 is 19.7 Å². The quantitative estimate of drug-likeness (QED) is 0.547. The number of esters is 1. The van der Waals surface area contributed by atoms with Crippen LogP contribution in [0.5, 0.6) is 23.0 Å². The molecule has 0 bridgehead atoms. The summed E-state index contributed by atoms with van der Waals surface area (Å²) in [6.07, 6.45) is 5.40. The van der Waals surface area contributed by atoms with Gasteiger partial charge in [-0.15, -0.1) is 11.6 Å². The molecule has 2 aromatic carbocycles. The first-order valence-corrected chi connectivity index (χ1v) is 8.55. The molecule has 1 spiro atoms. The number of ether oxygens (including phenoxy) is 2. The minimum atomic E-state index is -1.20. The van der Waals surface area contributed by atoms with E-state index in [2.05, 4.69) is 0 Å². The first-order valence-electron chi connectivity index (χ1n) is 8.11. The molecule has 5 nitrogen and oxygen atoms in total. The van der Waals surface area contributed by atoms with Crippen molar-refractivity contribution in [1.29, 1.82) is 0 Å². The fourth-order valence-corrected chi connectivity index (χ4v) is 4.30. The van der Waals surface area contributed by atoms with Gasteiger partial charge in [0, 0.05) is 23.3 Å². The molecule has 0 aromatic heterocycles. The van der Waals surface area contributed by atoms with Crippen molar-refractivity contribution in [1.82, 2.24) is 0 Å². The maximum absolute atomic E-state index is 12.7. The van der Waals surface area contributed by atoms with Crippen LogP contribution in [0.4, 0.5) is 0 Å². The summed E-state index contributed by atoms with van der Waals surface area (Å²) in [6, 6.07) is 9.32. The van der Waals surface area contributed by atoms with Gasteiger partial charge >= 0.3 is 5.97 Å². The van der Waals surface area contributed by atoms with Gasteiger partial charge in [-0.05, 0) is 29.8 Å². The van der Waals surface area contributed by atoms with Crippen LogP contribution in [-0.2, 0) is 15.1 Å². The molecule has 130 valence electrons. The Balaban J connectivity index is 1.86. The number of hydrogen-bond acceptors (Lipinski definition) is 5. The van der Waals surface area contributed by atoms with E-state index < -0.39 is 22.9 Å². The van der Waals surface area contributed by atoms with Gasteiger partial charge in [0.15, 0.2) is 5.60 Å². The van der Waals surface area contributed by atoms with Crippen LogP contribution in [0.15, 0.2) is 60.2 Å². The van der Waals surface area contributed by atoms with E-state index in [1.165, 1.54) is 24.3 Å². The topological polar surface area (TPSA) is 76.0 Å². The van der Waals surface area contributed by atoms with Gasteiger partial charge in [-0.3, -0.25) is 4.79 Å². The Kier molecular flexibility index (Phi) is 2.98. The molecule has 2 aromatic rings. The number of fused-ring (bicyclic) bond motifs is 6. The number of alkyl halides is 1. The molecule has 2 aliphatic heterocycles.